The molecule has 0 aromatic heterocycles. The highest BCUT2D eigenvalue weighted by Gasteiger charge is 2.31. The number of rotatable bonds is 6. The topological polar surface area (TPSA) is 78.6 Å². The Hall–Kier alpha value is 0.0469. The average molecular weight is 295 g/mol. The van der Waals surface area contributed by atoms with E-state index >= 15 is 0 Å². The van der Waals surface area contributed by atoms with Crippen molar-refractivity contribution in [2.24, 2.45) is 5.73 Å². The van der Waals surface area contributed by atoms with Crippen molar-refractivity contribution in [1.29, 1.82) is 0 Å². The summed E-state index contributed by atoms with van der Waals surface area (Å²) in [6.07, 6.45) is 0.0534. The predicted octanol–water partition coefficient (Wildman–Crippen LogP) is 0.830. The first-order valence-corrected chi connectivity index (χ1v) is 11.9. The van der Waals surface area contributed by atoms with E-state index in [9.17, 15) is 8.42 Å². The number of hydrogen-bond donors (Lipinski definition) is 1. The molecular weight excluding hydrogens is 270 g/mol. The number of ether oxygens (including phenoxy) is 2. The van der Waals surface area contributed by atoms with E-state index in [1.54, 1.807) is 0 Å². The van der Waals surface area contributed by atoms with Crippen molar-refractivity contribution in [3.63, 3.8) is 0 Å². The van der Waals surface area contributed by atoms with Gasteiger partial charge in [0, 0.05) is 20.7 Å². The summed E-state index contributed by atoms with van der Waals surface area (Å²) in [5.41, 5.74) is 5.85. The van der Waals surface area contributed by atoms with Crippen LogP contribution in [0.25, 0.3) is 0 Å². The Morgan fingerprint density at radius 1 is 1.33 bits per heavy atom. The van der Waals surface area contributed by atoms with E-state index in [0.29, 0.717) is 13.0 Å². The SMILES string of the molecule is C[Si](C)(C)CCOCO[C@@H]1CS(=O)(=O)CC[C@H]1N. The van der Waals surface area contributed by atoms with E-state index in [1.165, 1.54) is 0 Å². The van der Waals surface area contributed by atoms with Crippen LogP contribution in [0.2, 0.25) is 25.7 Å². The quantitative estimate of drug-likeness (QED) is 0.446. The molecule has 0 amide bonds. The van der Waals surface area contributed by atoms with E-state index in [2.05, 4.69) is 19.6 Å². The van der Waals surface area contributed by atoms with Gasteiger partial charge in [-0.2, -0.15) is 0 Å². The van der Waals surface area contributed by atoms with Crippen LogP contribution in [0.1, 0.15) is 6.42 Å². The first kappa shape index (κ1) is 16.1. The third kappa shape index (κ3) is 6.28. The maximum atomic E-state index is 11.5. The van der Waals surface area contributed by atoms with E-state index in [0.717, 1.165) is 6.04 Å². The molecule has 1 aliphatic heterocycles. The van der Waals surface area contributed by atoms with Gasteiger partial charge in [0.05, 0.1) is 17.6 Å². The van der Waals surface area contributed by atoms with Crippen LogP contribution in [0.15, 0.2) is 0 Å². The lowest BCUT2D eigenvalue weighted by Crippen LogP contribution is -2.47. The first-order chi connectivity index (χ1) is 8.20. The van der Waals surface area contributed by atoms with Crippen molar-refractivity contribution in [2.45, 2.75) is 44.3 Å². The Labute approximate surface area is 111 Å². The van der Waals surface area contributed by atoms with E-state index in [4.69, 9.17) is 15.2 Å². The van der Waals surface area contributed by atoms with Crippen LogP contribution in [0.5, 0.6) is 0 Å². The molecule has 7 heteroatoms. The normalized spacial score (nSPS) is 28.2. The van der Waals surface area contributed by atoms with Crippen molar-refractivity contribution in [3.8, 4) is 0 Å². The smallest absolute Gasteiger partial charge is 0.152 e. The van der Waals surface area contributed by atoms with Crippen LogP contribution in [0.3, 0.4) is 0 Å². The van der Waals surface area contributed by atoms with E-state index in [-0.39, 0.29) is 24.3 Å². The minimum atomic E-state index is -2.98. The Morgan fingerprint density at radius 3 is 2.61 bits per heavy atom. The van der Waals surface area contributed by atoms with Crippen molar-refractivity contribution in [2.75, 3.05) is 24.9 Å². The van der Waals surface area contributed by atoms with Gasteiger partial charge in [-0.25, -0.2) is 8.42 Å². The minimum absolute atomic E-state index is 0.0194. The highest BCUT2D eigenvalue weighted by atomic mass is 32.2. The molecule has 0 saturated carbocycles. The second-order valence-electron chi connectivity index (χ2n) is 6.11. The second-order valence-corrected chi connectivity index (χ2v) is 14.0. The fourth-order valence-electron chi connectivity index (χ4n) is 1.70. The van der Waals surface area contributed by atoms with Crippen LogP contribution in [-0.2, 0) is 19.3 Å². The molecule has 0 aliphatic carbocycles. The second kappa shape index (κ2) is 6.47. The number of sulfone groups is 1. The Balaban J connectivity index is 2.22. The molecule has 0 aromatic carbocycles. The molecule has 1 aliphatic rings. The van der Waals surface area contributed by atoms with Crippen LogP contribution < -0.4 is 5.73 Å². The highest BCUT2D eigenvalue weighted by Crippen LogP contribution is 2.14. The monoisotopic (exact) mass is 295 g/mol. The molecule has 2 atom stereocenters. The maximum absolute atomic E-state index is 11.5. The summed E-state index contributed by atoms with van der Waals surface area (Å²) in [6, 6.07) is 0.875. The summed E-state index contributed by atoms with van der Waals surface area (Å²) >= 11 is 0. The maximum Gasteiger partial charge on any atom is 0.152 e. The van der Waals surface area contributed by atoms with Gasteiger partial charge in [-0.3, -0.25) is 0 Å². The van der Waals surface area contributed by atoms with E-state index in [1.807, 2.05) is 0 Å². The Bertz CT molecular complexity index is 353. The van der Waals surface area contributed by atoms with Gasteiger partial charge in [-0.15, -0.1) is 0 Å². The first-order valence-electron chi connectivity index (χ1n) is 6.35. The lowest BCUT2D eigenvalue weighted by atomic mass is 10.1. The molecule has 5 nitrogen and oxygen atoms in total. The highest BCUT2D eigenvalue weighted by molar-refractivity contribution is 7.91. The summed E-state index contributed by atoms with van der Waals surface area (Å²) in [5.74, 6) is 0.191. The Morgan fingerprint density at radius 2 is 2.00 bits per heavy atom. The molecule has 0 spiro atoms. The Kier molecular flexibility index (Phi) is 5.79. The summed E-state index contributed by atoms with van der Waals surface area (Å²) < 4.78 is 33.7. The zero-order chi connectivity index (χ0) is 13.8. The van der Waals surface area contributed by atoms with Crippen molar-refractivity contribution in [3.05, 3.63) is 0 Å². The molecule has 1 rings (SSSR count). The summed E-state index contributed by atoms with van der Waals surface area (Å²) in [5, 5.41) is 0. The molecule has 18 heavy (non-hydrogen) atoms. The van der Waals surface area contributed by atoms with Gasteiger partial charge in [-0.1, -0.05) is 19.6 Å². The molecule has 2 N–H and O–H groups in total. The fraction of sp³-hybridized carbons (Fsp3) is 1.00. The van der Waals surface area contributed by atoms with Crippen LogP contribution in [-0.4, -0.2) is 53.5 Å². The molecule has 108 valence electrons. The summed E-state index contributed by atoms with van der Waals surface area (Å²) in [6.45, 7) is 7.64. The molecule has 0 bridgehead atoms. The fourth-order valence-corrected chi connectivity index (χ4v) is 4.10. The van der Waals surface area contributed by atoms with Gasteiger partial charge in [0.25, 0.3) is 0 Å². The van der Waals surface area contributed by atoms with Gasteiger partial charge < -0.3 is 15.2 Å². The van der Waals surface area contributed by atoms with Crippen LogP contribution >= 0.6 is 0 Å². The molecule has 1 saturated heterocycles. The van der Waals surface area contributed by atoms with Crippen LogP contribution in [0, 0.1) is 0 Å². The van der Waals surface area contributed by atoms with Crippen molar-refractivity contribution in [1.82, 2.24) is 0 Å². The number of hydrogen-bond acceptors (Lipinski definition) is 5. The third-order valence-corrected chi connectivity index (χ3v) is 6.42. The lowest BCUT2D eigenvalue weighted by molar-refractivity contribution is -0.0869. The van der Waals surface area contributed by atoms with Gasteiger partial charge >= 0.3 is 0 Å². The zero-order valence-electron chi connectivity index (χ0n) is 11.5. The molecule has 0 aromatic rings. The minimum Gasteiger partial charge on any atom is -0.356 e. The summed E-state index contributed by atoms with van der Waals surface area (Å²) in [7, 11) is -4.07. The number of nitrogens with two attached hydrogens (primary N) is 1. The molecule has 1 fully saturated rings. The molecular formula is C11H25NO4SSi. The zero-order valence-corrected chi connectivity index (χ0v) is 13.3. The summed E-state index contributed by atoms with van der Waals surface area (Å²) in [4.78, 5) is 0. The van der Waals surface area contributed by atoms with Gasteiger partial charge in [-0.05, 0) is 12.5 Å². The third-order valence-electron chi connectivity index (χ3n) is 3.02. The van der Waals surface area contributed by atoms with E-state index < -0.39 is 24.0 Å². The lowest BCUT2D eigenvalue weighted by Gasteiger charge is -2.28. The van der Waals surface area contributed by atoms with Gasteiger partial charge in [0.15, 0.2) is 9.84 Å². The molecule has 1 heterocycles. The van der Waals surface area contributed by atoms with Gasteiger partial charge in [0.1, 0.15) is 6.79 Å². The molecule has 0 unspecified atom stereocenters. The predicted molar refractivity (Wildman–Crippen MR) is 75.1 cm³/mol. The average Bonchev–Trinajstić information content (AvgIpc) is 2.21. The van der Waals surface area contributed by atoms with Crippen molar-refractivity contribution >= 4 is 17.9 Å². The van der Waals surface area contributed by atoms with Crippen molar-refractivity contribution < 1.29 is 17.9 Å². The van der Waals surface area contributed by atoms with Crippen LogP contribution in [0.4, 0.5) is 0 Å². The molecule has 0 radical (unpaired) electrons. The largest absolute Gasteiger partial charge is 0.356 e. The van der Waals surface area contributed by atoms with Gasteiger partial charge in [0.2, 0.25) is 0 Å². The standard InChI is InChI=1S/C11H25NO4SSi/c1-18(2,3)7-5-15-9-16-11-8-17(13,14)6-4-10(11)12/h10-11H,4-9,12H2,1-3H3/t10-,11-/m1/s1.